The molecule has 0 unspecified atom stereocenters. The number of nitrogens with zero attached hydrogens (tertiary/aromatic N) is 2. The molecule has 2 aromatic heterocycles. The Morgan fingerprint density at radius 1 is 1.17 bits per heavy atom. The summed E-state index contributed by atoms with van der Waals surface area (Å²) in [7, 11) is 0. The highest BCUT2D eigenvalue weighted by Gasteiger charge is 2.14. The number of hydrogen-bond acceptors (Lipinski definition) is 3. The van der Waals surface area contributed by atoms with Crippen LogP contribution in [0.2, 0.25) is 5.02 Å². The van der Waals surface area contributed by atoms with Crippen LogP contribution in [-0.2, 0) is 0 Å². The van der Waals surface area contributed by atoms with Crippen molar-refractivity contribution in [2.75, 3.05) is 0 Å². The maximum atomic E-state index is 14.7. The van der Waals surface area contributed by atoms with Gasteiger partial charge in [-0.05, 0) is 23.8 Å². The third-order valence-electron chi connectivity index (χ3n) is 3.25. The average Bonchev–Trinajstić information content (AvgIpc) is 2.53. The molecule has 0 amide bonds. The molecule has 3 rings (SSSR count). The van der Waals surface area contributed by atoms with Gasteiger partial charge in [0, 0.05) is 24.0 Å². The first-order valence-electron chi connectivity index (χ1n) is 6.49. The molecule has 2 heterocycles. The van der Waals surface area contributed by atoms with E-state index in [0.717, 1.165) is 18.3 Å². The zero-order valence-corrected chi connectivity index (χ0v) is 12.3. The van der Waals surface area contributed by atoms with E-state index in [2.05, 4.69) is 4.98 Å². The molecule has 23 heavy (non-hydrogen) atoms. The molecule has 0 saturated heterocycles. The minimum Gasteiger partial charge on any atom is -0.503 e. The van der Waals surface area contributed by atoms with Gasteiger partial charge in [0.05, 0.1) is 11.2 Å². The van der Waals surface area contributed by atoms with Crippen LogP contribution in [0.1, 0.15) is 0 Å². The van der Waals surface area contributed by atoms with Crippen LogP contribution in [0.3, 0.4) is 0 Å². The summed E-state index contributed by atoms with van der Waals surface area (Å²) in [4.78, 5) is 15.1. The zero-order chi connectivity index (χ0) is 16.6. The summed E-state index contributed by atoms with van der Waals surface area (Å²) in [5, 5.41) is 9.40. The lowest BCUT2D eigenvalue weighted by Crippen LogP contribution is -2.07. The quantitative estimate of drug-likeness (QED) is 0.780. The van der Waals surface area contributed by atoms with Gasteiger partial charge in [-0.1, -0.05) is 17.7 Å². The van der Waals surface area contributed by atoms with Gasteiger partial charge in [0.2, 0.25) is 5.43 Å². The number of aromatic hydroxyl groups is 1. The van der Waals surface area contributed by atoms with E-state index in [1.54, 1.807) is 0 Å². The lowest BCUT2D eigenvalue weighted by atomic mass is 10.1. The monoisotopic (exact) mass is 334 g/mol. The number of hydrogen-bond donors (Lipinski definition) is 1. The van der Waals surface area contributed by atoms with Gasteiger partial charge in [-0.2, -0.15) is 0 Å². The van der Waals surface area contributed by atoms with Crippen LogP contribution >= 0.6 is 11.6 Å². The predicted molar refractivity (Wildman–Crippen MR) is 81.9 cm³/mol. The Balaban J connectivity index is 2.16. The first kappa shape index (κ1) is 15.2. The topological polar surface area (TPSA) is 55.1 Å². The van der Waals surface area contributed by atoms with Gasteiger partial charge in [-0.3, -0.25) is 4.79 Å². The Bertz CT molecular complexity index is 957. The molecule has 0 aliphatic heterocycles. The van der Waals surface area contributed by atoms with E-state index < -0.39 is 22.8 Å². The fourth-order valence-electron chi connectivity index (χ4n) is 2.10. The summed E-state index contributed by atoms with van der Waals surface area (Å²) >= 11 is 5.62. The normalized spacial score (nSPS) is 10.7. The highest BCUT2D eigenvalue weighted by Crippen LogP contribution is 2.28. The number of benzene rings is 1. The fourth-order valence-corrected chi connectivity index (χ4v) is 2.22. The summed E-state index contributed by atoms with van der Waals surface area (Å²) < 4.78 is 29.5. The number of aromatic nitrogens is 2. The number of halogens is 3. The molecule has 7 heteroatoms. The molecular formula is C16H9ClF2N2O2. The summed E-state index contributed by atoms with van der Waals surface area (Å²) in [5.41, 5.74) is -0.181. The Kier molecular flexibility index (Phi) is 3.83. The van der Waals surface area contributed by atoms with E-state index in [9.17, 15) is 18.7 Å². The molecule has 3 aromatic rings. The highest BCUT2D eigenvalue weighted by atomic mass is 35.5. The van der Waals surface area contributed by atoms with Crippen molar-refractivity contribution in [2.24, 2.45) is 0 Å². The third-order valence-corrected chi connectivity index (χ3v) is 3.55. The average molecular weight is 335 g/mol. The largest absolute Gasteiger partial charge is 0.503 e. The van der Waals surface area contributed by atoms with Crippen LogP contribution in [0, 0.1) is 11.6 Å². The van der Waals surface area contributed by atoms with Gasteiger partial charge in [0.1, 0.15) is 5.82 Å². The minimum absolute atomic E-state index is 0.0613. The van der Waals surface area contributed by atoms with E-state index in [-0.39, 0.29) is 16.4 Å². The molecular weight excluding hydrogens is 326 g/mol. The van der Waals surface area contributed by atoms with Gasteiger partial charge in [0.25, 0.3) is 0 Å². The van der Waals surface area contributed by atoms with Gasteiger partial charge < -0.3 is 9.67 Å². The van der Waals surface area contributed by atoms with Crippen LogP contribution in [0.5, 0.6) is 5.75 Å². The zero-order valence-electron chi connectivity index (χ0n) is 11.5. The second kappa shape index (κ2) is 5.81. The smallest absolute Gasteiger partial charge is 0.223 e. The maximum absolute atomic E-state index is 14.7. The van der Waals surface area contributed by atoms with Crippen LogP contribution < -0.4 is 5.43 Å². The summed E-state index contributed by atoms with van der Waals surface area (Å²) in [6, 6.07) is 6.41. The Labute approximate surface area is 134 Å². The van der Waals surface area contributed by atoms with Crippen molar-refractivity contribution in [3.63, 3.8) is 0 Å². The Hall–Kier alpha value is -2.73. The van der Waals surface area contributed by atoms with E-state index in [1.165, 1.54) is 35.2 Å². The lowest BCUT2D eigenvalue weighted by Gasteiger charge is -2.10. The second-order valence-electron chi connectivity index (χ2n) is 4.73. The van der Waals surface area contributed by atoms with E-state index in [1.807, 2.05) is 0 Å². The molecule has 0 spiro atoms. The van der Waals surface area contributed by atoms with E-state index in [0.29, 0.717) is 5.56 Å². The second-order valence-corrected chi connectivity index (χ2v) is 5.13. The van der Waals surface area contributed by atoms with Crippen LogP contribution in [-0.4, -0.2) is 14.7 Å². The van der Waals surface area contributed by atoms with Gasteiger partial charge in [-0.25, -0.2) is 13.8 Å². The van der Waals surface area contributed by atoms with Crippen molar-refractivity contribution in [2.45, 2.75) is 0 Å². The van der Waals surface area contributed by atoms with Crippen molar-refractivity contribution in [1.82, 2.24) is 9.55 Å². The Morgan fingerprint density at radius 2 is 1.96 bits per heavy atom. The van der Waals surface area contributed by atoms with E-state index >= 15 is 0 Å². The van der Waals surface area contributed by atoms with Crippen molar-refractivity contribution in [1.29, 1.82) is 0 Å². The Morgan fingerprint density at radius 3 is 2.65 bits per heavy atom. The number of pyridine rings is 2. The van der Waals surface area contributed by atoms with Crippen molar-refractivity contribution in [3.05, 3.63) is 75.8 Å². The third kappa shape index (κ3) is 2.80. The molecule has 0 radical (unpaired) electrons. The molecule has 0 fully saturated rings. The van der Waals surface area contributed by atoms with Crippen LogP contribution in [0.25, 0.3) is 16.9 Å². The molecule has 4 nitrogen and oxygen atoms in total. The van der Waals surface area contributed by atoms with Crippen molar-refractivity contribution >= 4 is 11.6 Å². The molecule has 0 bridgehead atoms. The molecule has 0 saturated carbocycles. The predicted octanol–water partition coefficient (Wildman–Crippen LogP) is 3.54. The van der Waals surface area contributed by atoms with Crippen molar-refractivity contribution in [3.8, 4) is 22.7 Å². The van der Waals surface area contributed by atoms with Crippen LogP contribution in [0.15, 0.2) is 53.7 Å². The lowest BCUT2D eigenvalue weighted by molar-refractivity contribution is 0.464. The van der Waals surface area contributed by atoms with Crippen molar-refractivity contribution < 1.29 is 13.9 Å². The fraction of sp³-hybridized carbons (Fsp3) is 0. The molecule has 116 valence electrons. The number of rotatable bonds is 2. The molecule has 1 aromatic carbocycles. The molecule has 0 atom stereocenters. The molecule has 1 N–H and O–H groups in total. The molecule has 0 aliphatic carbocycles. The SMILES string of the molecule is O=c1ccn(-c2nccc(-c3ccc(Cl)c(F)c3)c2F)cc1O. The minimum atomic E-state index is -0.725. The van der Waals surface area contributed by atoms with Gasteiger partial charge >= 0.3 is 0 Å². The van der Waals surface area contributed by atoms with E-state index in [4.69, 9.17) is 11.6 Å². The summed E-state index contributed by atoms with van der Waals surface area (Å²) in [6.07, 6.45) is 3.68. The molecule has 0 aliphatic rings. The standard InChI is InChI=1S/C16H9ClF2N2O2/c17-11-2-1-9(7-12(11)18)10-3-5-20-16(15(10)19)21-6-4-13(22)14(23)8-21/h1-8,23H. The maximum Gasteiger partial charge on any atom is 0.223 e. The van der Waals surface area contributed by atoms with Crippen LogP contribution in [0.4, 0.5) is 8.78 Å². The first-order chi connectivity index (χ1) is 11.0. The first-order valence-corrected chi connectivity index (χ1v) is 6.87. The highest BCUT2D eigenvalue weighted by molar-refractivity contribution is 6.30. The van der Waals surface area contributed by atoms with Gasteiger partial charge in [0.15, 0.2) is 17.4 Å². The summed E-state index contributed by atoms with van der Waals surface area (Å²) in [5.74, 6) is -2.05. The summed E-state index contributed by atoms with van der Waals surface area (Å²) in [6.45, 7) is 0. The van der Waals surface area contributed by atoms with Gasteiger partial charge in [-0.15, -0.1) is 0 Å².